The number of aryl methyl sites for hydroxylation is 1. The number of carbonyl (C=O) groups is 1. The highest BCUT2D eigenvalue weighted by molar-refractivity contribution is 7.99. The molecule has 0 fully saturated rings. The van der Waals surface area contributed by atoms with Gasteiger partial charge in [-0.15, -0.1) is 0 Å². The van der Waals surface area contributed by atoms with E-state index in [2.05, 4.69) is 9.97 Å². The summed E-state index contributed by atoms with van der Waals surface area (Å²) in [5.41, 5.74) is 0.813. The van der Waals surface area contributed by atoms with E-state index in [0.717, 1.165) is 17.5 Å². The van der Waals surface area contributed by atoms with Crippen molar-refractivity contribution in [2.45, 2.75) is 12.1 Å². The molecule has 8 heteroatoms. The molecule has 2 rings (SSSR count). The van der Waals surface area contributed by atoms with Crippen molar-refractivity contribution in [2.75, 3.05) is 5.75 Å². The smallest absolute Gasteiger partial charge is 0.287 e. The topological polar surface area (TPSA) is 102 Å². The molecule has 18 heavy (non-hydrogen) atoms. The van der Waals surface area contributed by atoms with Gasteiger partial charge in [-0.1, -0.05) is 11.8 Å². The lowest BCUT2D eigenvalue weighted by Gasteiger charge is -1.94. The summed E-state index contributed by atoms with van der Waals surface area (Å²) in [5.74, 6) is -0.138. The van der Waals surface area contributed by atoms with Crippen LogP contribution < -0.4 is 0 Å². The Hall–Kier alpha value is -2.09. The van der Waals surface area contributed by atoms with Crippen molar-refractivity contribution in [1.29, 1.82) is 0 Å². The van der Waals surface area contributed by atoms with Gasteiger partial charge >= 0.3 is 0 Å². The first-order valence-corrected chi connectivity index (χ1v) is 5.96. The third-order valence-electron chi connectivity index (χ3n) is 2.10. The Balaban J connectivity index is 1.97. The highest BCUT2D eigenvalue weighted by Crippen LogP contribution is 2.19. The standard InChI is InChI=1S/C10H9N3O4S/c1-6-4-17-10(12-6)18-5-9(14)8-2-7(3-11-8)13(15)16/h2-4,11H,5H2,1H3. The number of ketones is 1. The van der Waals surface area contributed by atoms with Crippen LogP contribution in [0.15, 0.2) is 28.2 Å². The fraction of sp³-hybridized carbons (Fsp3) is 0.200. The predicted molar refractivity (Wildman–Crippen MR) is 63.7 cm³/mol. The molecule has 0 saturated heterocycles. The van der Waals surface area contributed by atoms with Gasteiger partial charge in [0.25, 0.3) is 10.9 Å². The normalized spacial score (nSPS) is 10.5. The van der Waals surface area contributed by atoms with Crippen molar-refractivity contribution >= 4 is 23.2 Å². The summed E-state index contributed by atoms with van der Waals surface area (Å²) < 4.78 is 5.08. The Bertz CT molecular complexity index is 589. The summed E-state index contributed by atoms with van der Waals surface area (Å²) in [5, 5.41) is 10.9. The Morgan fingerprint density at radius 1 is 1.67 bits per heavy atom. The van der Waals surface area contributed by atoms with E-state index in [9.17, 15) is 14.9 Å². The molecule has 0 unspecified atom stereocenters. The number of H-pyrrole nitrogens is 1. The Kier molecular flexibility index (Phi) is 3.47. The summed E-state index contributed by atoms with van der Waals surface area (Å²) in [6.07, 6.45) is 2.68. The van der Waals surface area contributed by atoms with Crippen molar-refractivity contribution < 1.29 is 14.1 Å². The van der Waals surface area contributed by atoms with Crippen LogP contribution >= 0.6 is 11.8 Å². The van der Waals surface area contributed by atoms with E-state index < -0.39 is 4.92 Å². The van der Waals surface area contributed by atoms with Crippen LogP contribution in [0, 0.1) is 17.0 Å². The van der Waals surface area contributed by atoms with Crippen LogP contribution in [0.3, 0.4) is 0 Å². The maximum absolute atomic E-state index is 11.7. The number of carbonyl (C=O) groups excluding carboxylic acids is 1. The number of nitrogens with zero attached hydrogens (tertiary/aromatic N) is 2. The summed E-state index contributed by atoms with van der Waals surface area (Å²) in [6, 6.07) is 1.21. The molecule has 1 N–H and O–H groups in total. The van der Waals surface area contributed by atoms with Gasteiger partial charge in [0.2, 0.25) is 0 Å². The molecule has 0 aliphatic heterocycles. The maximum atomic E-state index is 11.7. The number of oxazole rings is 1. The predicted octanol–water partition coefficient (Wildman–Crippen LogP) is 2.19. The number of nitrogens with one attached hydrogen (secondary N) is 1. The van der Waals surface area contributed by atoms with E-state index >= 15 is 0 Å². The maximum Gasteiger partial charge on any atom is 0.287 e. The zero-order valence-electron chi connectivity index (χ0n) is 9.37. The van der Waals surface area contributed by atoms with Crippen molar-refractivity contribution in [1.82, 2.24) is 9.97 Å². The second-order valence-electron chi connectivity index (χ2n) is 3.50. The van der Waals surface area contributed by atoms with Crippen LogP contribution in [0.25, 0.3) is 0 Å². The minimum atomic E-state index is -0.558. The van der Waals surface area contributed by atoms with Gasteiger partial charge in [-0.25, -0.2) is 4.98 Å². The number of aromatic nitrogens is 2. The number of rotatable bonds is 5. The number of hydrogen-bond acceptors (Lipinski definition) is 6. The fourth-order valence-electron chi connectivity index (χ4n) is 1.25. The first-order chi connectivity index (χ1) is 8.56. The third-order valence-corrected chi connectivity index (χ3v) is 2.94. The summed E-state index contributed by atoms with van der Waals surface area (Å²) in [6.45, 7) is 1.78. The minimum Gasteiger partial charge on any atom is -0.440 e. The average molecular weight is 267 g/mol. The molecule has 2 aromatic rings. The number of Topliss-reactive ketones (excluding diaryl/α,β-unsaturated/α-hetero) is 1. The number of hydrogen-bond donors (Lipinski definition) is 1. The molecule has 0 saturated carbocycles. The minimum absolute atomic E-state index is 0.109. The van der Waals surface area contributed by atoms with E-state index in [-0.39, 0.29) is 22.9 Å². The summed E-state index contributed by atoms with van der Waals surface area (Å²) in [4.78, 5) is 28.2. The summed E-state index contributed by atoms with van der Waals surface area (Å²) >= 11 is 1.14. The molecule has 7 nitrogen and oxygen atoms in total. The van der Waals surface area contributed by atoms with Gasteiger partial charge in [-0.2, -0.15) is 0 Å². The first-order valence-electron chi connectivity index (χ1n) is 4.97. The van der Waals surface area contributed by atoms with Gasteiger partial charge < -0.3 is 9.40 Å². The summed E-state index contributed by atoms with van der Waals surface area (Å²) in [7, 11) is 0. The Morgan fingerprint density at radius 3 is 3.00 bits per heavy atom. The molecule has 94 valence electrons. The SMILES string of the molecule is Cc1coc(SCC(=O)c2cc([N+](=O)[O-])c[nH]2)n1. The van der Waals surface area contributed by atoms with Crippen LogP contribution in [0.5, 0.6) is 0 Å². The van der Waals surface area contributed by atoms with Gasteiger partial charge in [-0.05, 0) is 6.92 Å². The van der Waals surface area contributed by atoms with Crippen LogP contribution in [0.2, 0.25) is 0 Å². The lowest BCUT2D eigenvalue weighted by molar-refractivity contribution is -0.384. The molecule has 0 spiro atoms. The number of nitro groups is 1. The quantitative estimate of drug-likeness (QED) is 0.385. The van der Waals surface area contributed by atoms with Crippen LogP contribution in [-0.4, -0.2) is 26.4 Å². The van der Waals surface area contributed by atoms with E-state index in [1.54, 1.807) is 6.92 Å². The van der Waals surface area contributed by atoms with E-state index in [4.69, 9.17) is 4.42 Å². The van der Waals surface area contributed by atoms with Gasteiger partial charge in [0, 0.05) is 6.07 Å². The Morgan fingerprint density at radius 2 is 2.44 bits per heavy atom. The molecule has 0 amide bonds. The van der Waals surface area contributed by atoms with Crippen molar-refractivity contribution in [3.8, 4) is 0 Å². The largest absolute Gasteiger partial charge is 0.440 e. The van der Waals surface area contributed by atoms with E-state index in [1.807, 2.05) is 0 Å². The molecule has 0 aromatic carbocycles. The van der Waals surface area contributed by atoms with Gasteiger partial charge in [-0.3, -0.25) is 14.9 Å². The van der Waals surface area contributed by atoms with Gasteiger partial charge in [0.05, 0.1) is 28.3 Å². The van der Waals surface area contributed by atoms with Crippen molar-refractivity contribution in [3.05, 3.63) is 40.0 Å². The zero-order chi connectivity index (χ0) is 13.1. The molecule has 0 atom stereocenters. The highest BCUT2D eigenvalue weighted by Gasteiger charge is 2.15. The fourth-order valence-corrected chi connectivity index (χ4v) is 1.99. The van der Waals surface area contributed by atoms with Gasteiger partial charge in [0.15, 0.2) is 5.78 Å². The molecular formula is C10H9N3O4S. The van der Waals surface area contributed by atoms with Crippen LogP contribution in [-0.2, 0) is 0 Å². The number of aromatic amines is 1. The van der Waals surface area contributed by atoms with Crippen molar-refractivity contribution in [2.24, 2.45) is 0 Å². The first kappa shape index (κ1) is 12.4. The van der Waals surface area contributed by atoms with E-state index in [0.29, 0.717) is 5.22 Å². The van der Waals surface area contributed by atoms with E-state index in [1.165, 1.54) is 18.5 Å². The number of thioether (sulfide) groups is 1. The molecule has 2 aromatic heterocycles. The molecule has 0 bridgehead atoms. The molecular weight excluding hydrogens is 258 g/mol. The molecule has 0 aliphatic carbocycles. The lowest BCUT2D eigenvalue weighted by atomic mass is 10.3. The van der Waals surface area contributed by atoms with Crippen molar-refractivity contribution in [3.63, 3.8) is 0 Å². The van der Waals surface area contributed by atoms with Crippen LogP contribution in [0.4, 0.5) is 5.69 Å². The van der Waals surface area contributed by atoms with Crippen LogP contribution in [0.1, 0.15) is 16.2 Å². The highest BCUT2D eigenvalue weighted by atomic mass is 32.2. The molecule has 0 aliphatic rings. The second-order valence-corrected chi connectivity index (χ2v) is 4.42. The third kappa shape index (κ3) is 2.77. The zero-order valence-corrected chi connectivity index (χ0v) is 10.2. The molecule has 0 radical (unpaired) electrons. The molecule has 2 heterocycles. The monoisotopic (exact) mass is 267 g/mol. The lowest BCUT2D eigenvalue weighted by Crippen LogP contribution is -2.02. The average Bonchev–Trinajstić information content (AvgIpc) is 2.94. The Labute approximate surface area is 106 Å². The van der Waals surface area contributed by atoms with Gasteiger partial charge in [0.1, 0.15) is 6.26 Å². The second kappa shape index (κ2) is 5.05.